The van der Waals surface area contributed by atoms with Crippen LogP contribution in [0.2, 0.25) is 0 Å². The van der Waals surface area contributed by atoms with Gasteiger partial charge in [-0.05, 0) is 19.4 Å². The number of hydrogen-bond acceptors (Lipinski definition) is 2. The van der Waals surface area contributed by atoms with Gasteiger partial charge in [0, 0.05) is 5.56 Å². The van der Waals surface area contributed by atoms with Crippen molar-refractivity contribution < 1.29 is 9.84 Å². The first-order chi connectivity index (χ1) is 6.77. The van der Waals surface area contributed by atoms with Crippen molar-refractivity contribution in [2.24, 2.45) is 0 Å². The van der Waals surface area contributed by atoms with Crippen molar-refractivity contribution in [3.8, 4) is 5.75 Å². The van der Waals surface area contributed by atoms with Gasteiger partial charge in [-0.2, -0.15) is 0 Å². The lowest BCUT2D eigenvalue weighted by Gasteiger charge is -2.10. The van der Waals surface area contributed by atoms with E-state index in [1.807, 2.05) is 25.1 Å². The summed E-state index contributed by atoms with van der Waals surface area (Å²) in [4.78, 5) is 0. The van der Waals surface area contributed by atoms with Gasteiger partial charge >= 0.3 is 0 Å². The molecule has 0 bridgehead atoms. The summed E-state index contributed by atoms with van der Waals surface area (Å²) in [6.07, 6.45) is 2.18. The van der Waals surface area contributed by atoms with Gasteiger partial charge in [-0.1, -0.05) is 31.0 Å². The number of unbranched alkanes of at least 4 members (excludes halogenated alkanes) is 1. The highest BCUT2D eigenvalue weighted by molar-refractivity contribution is 5.36. The lowest BCUT2D eigenvalue weighted by molar-refractivity contribution is 0.261. The van der Waals surface area contributed by atoms with Gasteiger partial charge in [0.15, 0.2) is 0 Å². The molecule has 0 amide bonds. The maximum absolute atomic E-state index is 9.12. The molecule has 0 radical (unpaired) electrons. The fraction of sp³-hybridized carbons (Fsp3) is 0.500. The molecule has 0 aliphatic heterocycles. The molecule has 0 heterocycles. The summed E-state index contributed by atoms with van der Waals surface area (Å²) in [5, 5.41) is 9.12. The first-order valence-electron chi connectivity index (χ1n) is 5.11. The molecule has 0 saturated carbocycles. The van der Waals surface area contributed by atoms with Gasteiger partial charge in [0.05, 0.1) is 13.2 Å². The number of hydrogen-bond donors (Lipinski definition) is 1. The topological polar surface area (TPSA) is 29.5 Å². The smallest absolute Gasteiger partial charge is 0.124 e. The van der Waals surface area contributed by atoms with Gasteiger partial charge in [0.1, 0.15) is 5.75 Å². The normalized spacial score (nSPS) is 10.2. The Morgan fingerprint density at radius 2 is 2.14 bits per heavy atom. The van der Waals surface area contributed by atoms with Crippen LogP contribution in [0, 0.1) is 6.92 Å². The maximum Gasteiger partial charge on any atom is 0.124 e. The van der Waals surface area contributed by atoms with Crippen LogP contribution in [0.3, 0.4) is 0 Å². The van der Waals surface area contributed by atoms with Gasteiger partial charge in [-0.25, -0.2) is 0 Å². The van der Waals surface area contributed by atoms with Crippen LogP contribution >= 0.6 is 0 Å². The quantitative estimate of drug-likeness (QED) is 0.730. The minimum atomic E-state index is 0.0448. The Morgan fingerprint density at radius 3 is 2.79 bits per heavy atom. The summed E-state index contributed by atoms with van der Waals surface area (Å²) in [7, 11) is 0. The van der Waals surface area contributed by atoms with E-state index in [2.05, 4.69) is 6.92 Å². The maximum atomic E-state index is 9.12. The van der Waals surface area contributed by atoms with Crippen LogP contribution in [0.1, 0.15) is 30.9 Å². The summed E-state index contributed by atoms with van der Waals surface area (Å²) in [6.45, 7) is 4.91. The Balaban J connectivity index is 2.65. The first kappa shape index (κ1) is 11.1. The Bertz CT molecular complexity index is 282. The molecule has 1 rings (SSSR count). The lowest BCUT2D eigenvalue weighted by Crippen LogP contribution is -2.00. The van der Waals surface area contributed by atoms with Gasteiger partial charge in [-0.15, -0.1) is 0 Å². The van der Waals surface area contributed by atoms with Gasteiger partial charge in [-0.3, -0.25) is 0 Å². The van der Waals surface area contributed by atoms with E-state index in [1.54, 1.807) is 0 Å². The second kappa shape index (κ2) is 5.66. The van der Waals surface area contributed by atoms with Gasteiger partial charge < -0.3 is 9.84 Å². The monoisotopic (exact) mass is 194 g/mol. The molecule has 1 aromatic carbocycles. The van der Waals surface area contributed by atoms with Crippen molar-refractivity contribution in [1.29, 1.82) is 0 Å². The van der Waals surface area contributed by atoms with Gasteiger partial charge in [0.2, 0.25) is 0 Å². The van der Waals surface area contributed by atoms with E-state index in [0.717, 1.165) is 36.3 Å². The average Bonchev–Trinajstić information content (AvgIpc) is 2.20. The van der Waals surface area contributed by atoms with E-state index in [0.29, 0.717) is 0 Å². The van der Waals surface area contributed by atoms with E-state index < -0.39 is 0 Å². The zero-order valence-electron chi connectivity index (χ0n) is 8.92. The van der Waals surface area contributed by atoms with Crippen LogP contribution in [0.15, 0.2) is 18.2 Å². The molecule has 0 fully saturated rings. The highest BCUT2D eigenvalue weighted by Crippen LogP contribution is 2.20. The minimum Gasteiger partial charge on any atom is -0.493 e. The molecule has 2 heteroatoms. The summed E-state index contributed by atoms with van der Waals surface area (Å²) in [6, 6.07) is 5.89. The summed E-state index contributed by atoms with van der Waals surface area (Å²) in [5.74, 6) is 0.812. The van der Waals surface area contributed by atoms with Gasteiger partial charge in [0.25, 0.3) is 0 Å². The minimum absolute atomic E-state index is 0.0448. The van der Waals surface area contributed by atoms with Crippen molar-refractivity contribution in [2.75, 3.05) is 6.61 Å². The lowest BCUT2D eigenvalue weighted by atomic mass is 10.1. The fourth-order valence-corrected chi connectivity index (χ4v) is 1.30. The third kappa shape index (κ3) is 3.04. The number of aliphatic hydroxyl groups is 1. The number of aryl methyl sites for hydroxylation is 1. The predicted molar refractivity (Wildman–Crippen MR) is 57.5 cm³/mol. The van der Waals surface area contributed by atoms with Crippen LogP contribution in [0.4, 0.5) is 0 Å². The highest BCUT2D eigenvalue weighted by atomic mass is 16.5. The number of rotatable bonds is 5. The molecule has 0 aromatic heterocycles. The molecule has 14 heavy (non-hydrogen) atoms. The van der Waals surface area contributed by atoms with Crippen molar-refractivity contribution in [1.82, 2.24) is 0 Å². The molecule has 1 aromatic rings. The molecule has 0 saturated heterocycles. The average molecular weight is 194 g/mol. The van der Waals surface area contributed by atoms with E-state index >= 15 is 0 Å². The fourth-order valence-electron chi connectivity index (χ4n) is 1.30. The molecule has 0 spiro atoms. The Hall–Kier alpha value is -1.02. The second-order valence-electron chi connectivity index (χ2n) is 3.47. The summed E-state index contributed by atoms with van der Waals surface area (Å²) in [5.41, 5.74) is 2.03. The SMILES string of the molecule is CCCCOc1ccc(C)cc1CO. The molecule has 2 nitrogen and oxygen atoms in total. The molecular formula is C12H18O2. The molecule has 0 aliphatic carbocycles. The number of ether oxygens (including phenoxy) is 1. The Labute approximate surface area is 85.5 Å². The first-order valence-corrected chi connectivity index (χ1v) is 5.11. The number of benzene rings is 1. The predicted octanol–water partition coefficient (Wildman–Crippen LogP) is 2.67. The van der Waals surface area contributed by atoms with E-state index in [9.17, 15) is 0 Å². The third-order valence-corrected chi connectivity index (χ3v) is 2.14. The molecule has 1 N–H and O–H groups in total. The van der Waals surface area contributed by atoms with Crippen LogP contribution in [0.5, 0.6) is 5.75 Å². The molecule has 0 atom stereocenters. The third-order valence-electron chi connectivity index (χ3n) is 2.14. The summed E-state index contributed by atoms with van der Waals surface area (Å²) >= 11 is 0. The zero-order chi connectivity index (χ0) is 10.4. The van der Waals surface area contributed by atoms with E-state index in [4.69, 9.17) is 9.84 Å². The number of aliphatic hydroxyl groups excluding tert-OH is 1. The molecule has 78 valence electrons. The Kier molecular flexibility index (Phi) is 4.47. The van der Waals surface area contributed by atoms with Crippen LogP contribution in [-0.4, -0.2) is 11.7 Å². The molecular weight excluding hydrogens is 176 g/mol. The van der Waals surface area contributed by atoms with Crippen molar-refractivity contribution in [3.05, 3.63) is 29.3 Å². The largest absolute Gasteiger partial charge is 0.493 e. The summed E-state index contributed by atoms with van der Waals surface area (Å²) < 4.78 is 5.56. The van der Waals surface area contributed by atoms with E-state index in [-0.39, 0.29) is 6.61 Å². The molecule has 0 aliphatic rings. The highest BCUT2D eigenvalue weighted by Gasteiger charge is 2.02. The standard InChI is InChI=1S/C12H18O2/c1-3-4-7-14-12-6-5-10(2)8-11(12)9-13/h5-6,8,13H,3-4,7,9H2,1-2H3. The van der Waals surface area contributed by atoms with Crippen molar-refractivity contribution in [3.63, 3.8) is 0 Å². The second-order valence-corrected chi connectivity index (χ2v) is 3.47. The zero-order valence-corrected chi connectivity index (χ0v) is 8.92. The Morgan fingerprint density at radius 1 is 1.36 bits per heavy atom. The van der Waals surface area contributed by atoms with Crippen molar-refractivity contribution in [2.45, 2.75) is 33.3 Å². The van der Waals surface area contributed by atoms with Crippen LogP contribution < -0.4 is 4.74 Å². The van der Waals surface area contributed by atoms with Crippen molar-refractivity contribution >= 4 is 0 Å². The van der Waals surface area contributed by atoms with Crippen LogP contribution in [-0.2, 0) is 6.61 Å². The van der Waals surface area contributed by atoms with E-state index in [1.165, 1.54) is 0 Å². The van der Waals surface area contributed by atoms with Crippen LogP contribution in [0.25, 0.3) is 0 Å². The molecule has 0 unspecified atom stereocenters.